The third kappa shape index (κ3) is 1.41. The van der Waals surface area contributed by atoms with Gasteiger partial charge in [0.1, 0.15) is 0 Å². The summed E-state index contributed by atoms with van der Waals surface area (Å²) in [5.41, 5.74) is 7.78. The number of primary amides is 1. The van der Waals surface area contributed by atoms with Crippen LogP contribution in [0.25, 0.3) is 0 Å². The molecule has 1 amide bonds. The lowest BCUT2D eigenvalue weighted by atomic mass is 9.87. The summed E-state index contributed by atoms with van der Waals surface area (Å²) in [5, 5.41) is 4.27. The van der Waals surface area contributed by atoms with Crippen LogP contribution < -0.4 is 5.73 Å². The summed E-state index contributed by atoms with van der Waals surface area (Å²) in [6.07, 6.45) is 4.43. The number of aromatic nitrogens is 2. The molecule has 1 aromatic heterocycles. The Labute approximate surface area is 83.1 Å². The Balaban J connectivity index is 2.24. The molecule has 76 valence electrons. The van der Waals surface area contributed by atoms with Crippen molar-refractivity contribution in [3.8, 4) is 0 Å². The zero-order valence-corrected chi connectivity index (χ0v) is 8.36. The van der Waals surface area contributed by atoms with Gasteiger partial charge in [-0.25, -0.2) is 0 Å². The molecule has 4 heteroatoms. The molecule has 0 unspecified atom stereocenters. The van der Waals surface area contributed by atoms with E-state index >= 15 is 0 Å². The minimum atomic E-state index is -0.181. The Hall–Kier alpha value is -1.32. The van der Waals surface area contributed by atoms with Gasteiger partial charge in [0.05, 0.1) is 6.20 Å². The van der Waals surface area contributed by atoms with E-state index in [9.17, 15) is 4.79 Å². The van der Waals surface area contributed by atoms with Crippen molar-refractivity contribution in [2.24, 2.45) is 11.7 Å². The summed E-state index contributed by atoms with van der Waals surface area (Å²) in [7, 11) is 0. The molecule has 0 aliphatic heterocycles. The Bertz CT molecular complexity index is 356. The van der Waals surface area contributed by atoms with Crippen molar-refractivity contribution >= 4 is 5.91 Å². The second-order valence-corrected chi connectivity index (χ2v) is 3.77. The van der Waals surface area contributed by atoms with Crippen LogP contribution in [0.15, 0.2) is 6.20 Å². The van der Waals surface area contributed by atoms with Gasteiger partial charge in [-0.2, -0.15) is 5.10 Å². The monoisotopic (exact) mass is 193 g/mol. The molecule has 0 fully saturated rings. The first-order valence-corrected chi connectivity index (χ1v) is 5.05. The third-order valence-corrected chi connectivity index (χ3v) is 2.93. The van der Waals surface area contributed by atoms with Gasteiger partial charge in [-0.3, -0.25) is 9.48 Å². The maximum absolute atomic E-state index is 11.0. The minimum absolute atomic E-state index is 0.0111. The summed E-state index contributed by atoms with van der Waals surface area (Å²) in [6, 6.07) is 0. The van der Waals surface area contributed by atoms with Crippen molar-refractivity contribution in [3.63, 3.8) is 0 Å². The first-order valence-electron chi connectivity index (χ1n) is 5.05. The van der Waals surface area contributed by atoms with Crippen molar-refractivity contribution in [1.82, 2.24) is 9.78 Å². The van der Waals surface area contributed by atoms with Gasteiger partial charge in [-0.05, 0) is 31.7 Å². The van der Waals surface area contributed by atoms with E-state index in [1.54, 1.807) is 0 Å². The van der Waals surface area contributed by atoms with E-state index in [1.807, 2.05) is 10.9 Å². The number of nitrogens with zero attached hydrogens (tertiary/aromatic N) is 2. The van der Waals surface area contributed by atoms with E-state index < -0.39 is 0 Å². The van der Waals surface area contributed by atoms with Crippen molar-refractivity contribution < 1.29 is 4.79 Å². The normalized spacial score (nSPS) is 20.5. The number of rotatable bonds is 2. The highest BCUT2D eigenvalue weighted by Crippen LogP contribution is 2.24. The van der Waals surface area contributed by atoms with E-state index in [2.05, 4.69) is 12.0 Å². The third-order valence-electron chi connectivity index (χ3n) is 2.93. The average molecular weight is 193 g/mol. The number of amides is 1. The molecule has 1 atom stereocenters. The van der Waals surface area contributed by atoms with Gasteiger partial charge >= 0.3 is 0 Å². The smallest absolute Gasteiger partial charge is 0.220 e. The number of carbonyl (C=O) groups excluding carboxylic acids is 1. The zero-order valence-electron chi connectivity index (χ0n) is 8.36. The van der Waals surface area contributed by atoms with Crippen LogP contribution >= 0.6 is 0 Å². The van der Waals surface area contributed by atoms with Crippen LogP contribution in [0.3, 0.4) is 0 Å². The van der Waals surface area contributed by atoms with Gasteiger partial charge in [-0.15, -0.1) is 0 Å². The van der Waals surface area contributed by atoms with E-state index in [0.717, 1.165) is 25.8 Å². The second-order valence-electron chi connectivity index (χ2n) is 3.77. The number of hydrogen-bond acceptors (Lipinski definition) is 2. The fraction of sp³-hybridized carbons (Fsp3) is 0.600. The maximum atomic E-state index is 11.0. The highest BCUT2D eigenvalue weighted by Gasteiger charge is 2.25. The van der Waals surface area contributed by atoms with Gasteiger partial charge < -0.3 is 5.73 Å². The van der Waals surface area contributed by atoms with Crippen LogP contribution in [0.4, 0.5) is 0 Å². The lowest BCUT2D eigenvalue weighted by molar-refractivity contribution is -0.122. The SMILES string of the molecule is CCn1ncc2c1CC[C@H](C(N)=O)C2. The minimum Gasteiger partial charge on any atom is -0.369 e. The summed E-state index contributed by atoms with van der Waals surface area (Å²) in [4.78, 5) is 11.0. The Morgan fingerprint density at radius 3 is 3.21 bits per heavy atom. The molecular formula is C10H15N3O. The van der Waals surface area contributed by atoms with Crippen LogP contribution in [0.1, 0.15) is 24.6 Å². The number of hydrogen-bond donors (Lipinski definition) is 1. The molecule has 2 rings (SSSR count). The van der Waals surface area contributed by atoms with Crippen molar-refractivity contribution in [1.29, 1.82) is 0 Å². The summed E-state index contributed by atoms with van der Waals surface area (Å²) >= 11 is 0. The Morgan fingerprint density at radius 1 is 1.79 bits per heavy atom. The van der Waals surface area contributed by atoms with Crippen molar-refractivity contribution in [3.05, 3.63) is 17.5 Å². The standard InChI is InChI=1S/C10H15N3O/c1-2-13-9-4-3-7(10(11)14)5-8(9)6-12-13/h6-7H,2-5H2,1H3,(H2,11,14)/t7-/m0/s1. The molecule has 14 heavy (non-hydrogen) atoms. The molecule has 1 aromatic rings. The molecule has 0 aromatic carbocycles. The van der Waals surface area contributed by atoms with Crippen molar-refractivity contribution in [2.45, 2.75) is 32.7 Å². The van der Waals surface area contributed by atoms with E-state index in [-0.39, 0.29) is 11.8 Å². The van der Waals surface area contributed by atoms with Crippen LogP contribution in [-0.2, 0) is 24.2 Å². The molecule has 0 radical (unpaired) electrons. The zero-order chi connectivity index (χ0) is 10.1. The predicted octanol–water partition coefficient (Wildman–Crippen LogP) is 0.493. The number of nitrogens with two attached hydrogens (primary N) is 1. The van der Waals surface area contributed by atoms with Gasteiger partial charge in [0.25, 0.3) is 0 Å². The summed E-state index contributed by atoms with van der Waals surface area (Å²) < 4.78 is 2.01. The summed E-state index contributed by atoms with van der Waals surface area (Å²) in [6.45, 7) is 2.98. The largest absolute Gasteiger partial charge is 0.369 e. The highest BCUT2D eigenvalue weighted by molar-refractivity contribution is 5.77. The van der Waals surface area contributed by atoms with Gasteiger partial charge in [0, 0.05) is 18.2 Å². The Morgan fingerprint density at radius 2 is 2.57 bits per heavy atom. The first kappa shape index (κ1) is 9.24. The van der Waals surface area contributed by atoms with E-state index in [0.29, 0.717) is 0 Å². The number of carbonyl (C=O) groups is 1. The quantitative estimate of drug-likeness (QED) is 0.743. The molecule has 1 aliphatic carbocycles. The molecular weight excluding hydrogens is 178 g/mol. The first-order chi connectivity index (χ1) is 6.72. The van der Waals surface area contributed by atoms with E-state index in [4.69, 9.17) is 5.73 Å². The fourth-order valence-electron chi connectivity index (χ4n) is 2.10. The van der Waals surface area contributed by atoms with Crippen LogP contribution in [-0.4, -0.2) is 15.7 Å². The molecule has 1 heterocycles. The lowest BCUT2D eigenvalue weighted by Gasteiger charge is -2.19. The summed E-state index contributed by atoms with van der Waals surface area (Å²) in [5.74, 6) is -0.170. The molecule has 1 aliphatic rings. The number of fused-ring (bicyclic) bond motifs is 1. The molecule has 0 saturated carbocycles. The van der Waals surface area contributed by atoms with E-state index in [1.165, 1.54) is 11.3 Å². The van der Waals surface area contributed by atoms with Crippen LogP contribution in [0, 0.1) is 5.92 Å². The molecule has 2 N–H and O–H groups in total. The van der Waals surface area contributed by atoms with Crippen LogP contribution in [0.5, 0.6) is 0 Å². The highest BCUT2D eigenvalue weighted by atomic mass is 16.1. The molecule has 0 spiro atoms. The van der Waals surface area contributed by atoms with Gasteiger partial charge in [0.2, 0.25) is 5.91 Å². The predicted molar refractivity (Wildman–Crippen MR) is 52.6 cm³/mol. The second kappa shape index (κ2) is 3.44. The van der Waals surface area contributed by atoms with Gasteiger partial charge in [-0.1, -0.05) is 0 Å². The topological polar surface area (TPSA) is 60.9 Å². The lowest BCUT2D eigenvalue weighted by Crippen LogP contribution is -2.28. The molecule has 4 nitrogen and oxygen atoms in total. The van der Waals surface area contributed by atoms with Crippen LogP contribution in [0.2, 0.25) is 0 Å². The Kier molecular flexibility index (Phi) is 2.27. The molecule has 0 saturated heterocycles. The average Bonchev–Trinajstić information content (AvgIpc) is 2.59. The fourth-order valence-corrected chi connectivity index (χ4v) is 2.10. The number of aryl methyl sites for hydroxylation is 1. The maximum Gasteiger partial charge on any atom is 0.220 e. The van der Waals surface area contributed by atoms with Crippen molar-refractivity contribution in [2.75, 3.05) is 0 Å². The van der Waals surface area contributed by atoms with Gasteiger partial charge in [0.15, 0.2) is 0 Å². The molecule has 0 bridgehead atoms.